The maximum atomic E-state index is 12.8. The second-order valence-electron chi connectivity index (χ2n) is 7.37. The van der Waals surface area contributed by atoms with E-state index in [1.54, 1.807) is 0 Å². The Balaban J connectivity index is 2.14. The van der Waals surface area contributed by atoms with Crippen molar-refractivity contribution in [2.24, 2.45) is 5.73 Å². The Morgan fingerprint density at radius 1 is 1.05 bits per heavy atom. The van der Waals surface area contributed by atoms with Gasteiger partial charge < -0.3 is 15.2 Å². The Bertz CT molecular complexity index is 1260. The molecular weight excluding hydrogens is 580 g/mol. The highest BCUT2D eigenvalue weighted by atomic mass is 35.5. The summed E-state index contributed by atoms with van der Waals surface area (Å²) in [6, 6.07) is 7.10. The van der Waals surface area contributed by atoms with E-state index in [1.165, 1.54) is 30.3 Å². The van der Waals surface area contributed by atoms with Gasteiger partial charge in [0.15, 0.2) is 0 Å². The van der Waals surface area contributed by atoms with E-state index in [4.69, 9.17) is 43.9 Å². The normalized spacial score (nSPS) is 12.4. The van der Waals surface area contributed by atoms with E-state index in [2.05, 4.69) is 10.2 Å². The topological polar surface area (TPSA) is 170 Å². The van der Waals surface area contributed by atoms with Gasteiger partial charge in [-0.3, -0.25) is 10.2 Å². The van der Waals surface area contributed by atoms with Crippen molar-refractivity contribution >= 4 is 51.1 Å². The zero-order valence-electron chi connectivity index (χ0n) is 19.2. The number of esters is 2. The molecule has 0 bridgehead atoms. The molecule has 0 aliphatic heterocycles. The summed E-state index contributed by atoms with van der Waals surface area (Å²) in [6.45, 7) is 0.411. The van der Waals surface area contributed by atoms with Gasteiger partial charge in [-0.05, 0) is 42.3 Å². The number of nitrogens with one attached hydrogen (secondary N) is 3. The average Bonchev–Trinajstić information content (AvgIpc) is 2.82. The number of sulfonamides is 1. The van der Waals surface area contributed by atoms with E-state index in [-0.39, 0.29) is 29.2 Å². The Hall–Kier alpha value is -3.11. The van der Waals surface area contributed by atoms with Crippen molar-refractivity contribution < 1.29 is 45.5 Å². The highest BCUT2D eigenvalue weighted by molar-refractivity contribution is 7.89. The van der Waals surface area contributed by atoms with Crippen molar-refractivity contribution in [2.75, 3.05) is 13.2 Å². The smallest absolute Gasteiger partial charge is 0.491 e. The predicted octanol–water partition coefficient (Wildman–Crippen LogP) is 2.70. The fourth-order valence-corrected chi connectivity index (χ4v) is 4.27. The van der Waals surface area contributed by atoms with Gasteiger partial charge in [-0.1, -0.05) is 35.3 Å². The molecule has 0 aromatic heterocycles. The number of ether oxygens (including phenoxy) is 2. The molecule has 0 radical (unpaired) electrons. The van der Waals surface area contributed by atoms with Crippen molar-refractivity contribution in [1.29, 1.82) is 5.41 Å². The molecular formula is C21H21Cl2F3N4O7S. The van der Waals surface area contributed by atoms with Gasteiger partial charge in [0.2, 0.25) is 16.0 Å². The molecule has 0 aliphatic carbocycles. The third kappa shape index (κ3) is 9.98. The lowest BCUT2D eigenvalue weighted by Gasteiger charge is -2.18. The van der Waals surface area contributed by atoms with Crippen LogP contribution in [0.2, 0.25) is 10.0 Å². The van der Waals surface area contributed by atoms with Gasteiger partial charge in [-0.25, -0.2) is 23.5 Å². The highest BCUT2D eigenvalue weighted by Crippen LogP contribution is 2.25. The number of nitrogens with two attached hydrogens (primary N) is 1. The number of alkyl halides is 3. The zero-order chi connectivity index (χ0) is 28.5. The fraction of sp³-hybridized carbons (Fsp3) is 0.286. The van der Waals surface area contributed by atoms with Crippen LogP contribution in [0.3, 0.4) is 0 Å². The second kappa shape index (κ2) is 13.6. The van der Waals surface area contributed by atoms with Gasteiger partial charge in [-0.2, -0.15) is 17.9 Å². The maximum Gasteiger partial charge on any atom is 0.491 e. The van der Waals surface area contributed by atoms with Crippen LogP contribution in [0.1, 0.15) is 12.0 Å². The SMILES string of the molecule is N=C(N)NOCCCOc1ccc(C[C@H](NS(=O)(=O)c2ccc(Cl)c(Cl)c2)C(=O)OC(=O)C(F)(F)F)cc1. The molecule has 5 N–H and O–H groups in total. The monoisotopic (exact) mass is 600 g/mol. The van der Waals surface area contributed by atoms with Gasteiger partial charge in [0.05, 0.1) is 28.2 Å². The van der Waals surface area contributed by atoms with Crippen molar-refractivity contribution in [3.8, 4) is 5.75 Å². The number of benzene rings is 2. The summed E-state index contributed by atoms with van der Waals surface area (Å²) < 4.78 is 74.7. The quantitative estimate of drug-likeness (QED) is 0.0714. The number of hydrogen-bond donors (Lipinski definition) is 4. The molecule has 208 valence electrons. The molecule has 2 rings (SSSR count). The molecule has 2 aromatic rings. The minimum atomic E-state index is -5.48. The van der Waals surface area contributed by atoms with E-state index in [1.807, 2.05) is 4.72 Å². The van der Waals surface area contributed by atoms with Crippen LogP contribution in [0.5, 0.6) is 5.75 Å². The average molecular weight is 601 g/mol. The summed E-state index contributed by atoms with van der Waals surface area (Å²) in [4.78, 5) is 28.0. The summed E-state index contributed by atoms with van der Waals surface area (Å²) >= 11 is 11.6. The Morgan fingerprint density at radius 2 is 1.71 bits per heavy atom. The van der Waals surface area contributed by atoms with Crippen molar-refractivity contribution in [3.05, 3.63) is 58.1 Å². The van der Waals surface area contributed by atoms with Crippen LogP contribution in [0.25, 0.3) is 0 Å². The van der Waals surface area contributed by atoms with Crippen LogP contribution in [0.4, 0.5) is 13.2 Å². The van der Waals surface area contributed by atoms with Gasteiger partial charge in [0, 0.05) is 6.42 Å². The lowest BCUT2D eigenvalue weighted by Crippen LogP contribution is -2.45. The lowest BCUT2D eigenvalue weighted by molar-refractivity contribution is -0.202. The van der Waals surface area contributed by atoms with Crippen LogP contribution in [0, 0.1) is 5.41 Å². The number of hydroxylamine groups is 1. The van der Waals surface area contributed by atoms with Gasteiger partial charge >= 0.3 is 18.1 Å². The van der Waals surface area contributed by atoms with Gasteiger partial charge in [0.25, 0.3) is 0 Å². The predicted molar refractivity (Wildman–Crippen MR) is 129 cm³/mol. The van der Waals surface area contributed by atoms with Crippen LogP contribution in [0.15, 0.2) is 47.4 Å². The molecule has 2 aromatic carbocycles. The molecule has 17 heteroatoms. The van der Waals surface area contributed by atoms with Gasteiger partial charge in [-0.15, -0.1) is 0 Å². The first-order chi connectivity index (χ1) is 17.7. The fourth-order valence-electron chi connectivity index (χ4n) is 2.70. The Labute approximate surface area is 224 Å². The molecule has 38 heavy (non-hydrogen) atoms. The summed E-state index contributed by atoms with van der Waals surface area (Å²) in [6.07, 6.45) is -5.52. The van der Waals surface area contributed by atoms with Crippen molar-refractivity contribution in [3.63, 3.8) is 0 Å². The number of hydrogen-bond acceptors (Lipinski definition) is 8. The van der Waals surface area contributed by atoms with Crippen LogP contribution in [-0.2, 0) is 35.6 Å². The first kappa shape index (κ1) is 31.1. The number of carbonyl (C=O) groups is 2. The Kier molecular flexibility index (Phi) is 11.1. The maximum absolute atomic E-state index is 12.8. The summed E-state index contributed by atoms with van der Waals surface area (Å²) in [7, 11) is -4.52. The number of carbonyl (C=O) groups excluding carboxylic acids is 2. The Morgan fingerprint density at radius 3 is 2.29 bits per heavy atom. The molecule has 0 amide bonds. The number of guanidine groups is 1. The minimum Gasteiger partial charge on any atom is -0.494 e. The molecule has 0 saturated heterocycles. The van der Waals surface area contributed by atoms with Crippen molar-refractivity contribution in [2.45, 2.75) is 30.0 Å². The molecule has 0 spiro atoms. The van der Waals surface area contributed by atoms with Gasteiger partial charge in [0.1, 0.15) is 11.8 Å². The molecule has 0 saturated carbocycles. The van der Waals surface area contributed by atoms with E-state index in [0.29, 0.717) is 17.7 Å². The number of halogens is 5. The molecule has 0 unspecified atom stereocenters. The van der Waals surface area contributed by atoms with E-state index >= 15 is 0 Å². The minimum absolute atomic E-state index is 0.0416. The third-order valence-corrected chi connectivity index (χ3v) is 6.62. The molecule has 0 aliphatic rings. The standard InChI is InChI=1S/C21H21Cl2F3N4O7S/c22-15-7-6-14(11-16(15)23)38(33,34)30-17(18(31)37-19(32)21(24,25)26)10-12-2-4-13(5-3-12)35-8-1-9-36-29-20(27)28/h2-7,11,17,30H,1,8-10H2,(H4,27,28,29)/t17-/m0/s1. The highest BCUT2D eigenvalue weighted by Gasteiger charge is 2.43. The summed E-state index contributed by atoms with van der Waals surface area (Å²) in [5, 5.41) is 6.85. The van der Waals surface area contributed by atoms with Crippen LogP contribution < -0.4 is 20.7 Å². The molecule has 11 nitrogen and oxygen atoms in total. The summed E-state index contributed by atoms with van der Waals surface area (Å²) in [5.74, 6) is -4.54. The molecule has 0 heterocycles. The number of rotatable bonds is 12. The van der Waals surface area contributed by atoms with E-state index < -0.39 is 45.5 Å². The van der Waals surface area contributed by atoms with Crippen LogP contribution >= 0.6 is 23.2 Å². The third-order valence-electron chi connectivity index (χ3n) is 4.41. The second-order valence-corrected chi connectivity index (χ2v) is 9.90. The first-order valence-electron chi connectivity index (χ1n) is 10.4. The first-order valence-corrected chi connectivity index (χ1v) is 12.7. The van der Waals surface area contributed by atoms with Crippen LogP contribution in [-0.4, -0.2) is 51.7 Å². The zero-order valence-corrected chi connectivity index (χ0v) is 21.5. The summed E-state index contributed by atoms with van der Waals surface area (Å²) in [5.41, 5.74) is 7.50. The molecule has 1 atom stereocenters. The van der Waals surface area contributed by atoms with E-state index in [9.17, 15) is 31.2 Å². The lowest BCUT2D eigenvalue weighted by atomic mass is 10.1. The molecule has 0 fully saturated rings. The van der Waals surface area contributed by atoms with E-state index in [0.717, 1.165) is 12.1 Å². The largest absolute Gasteiger partial charge is 0.494 e. The van der Waals surface area contributed by atoms with Crippen molar-refractivity contribution in [1.82, 2.24) is 10.2 Å².